The number of oxazole rings is 1. The number of aliphatic hydroxyl groups is 1. The summed E-state index contributed by atoms with van der Waals surface area (Å²) in [6.07, 6.45) is 6.03. The molecule has 6 fully saturated rings. The summed E-state index contributed by atoms with van der Waals surface area (Å²) in [7, 11) is 3.87. The number of carboxylic acids is 1. The number of carbonyl (C=O) groups excluding carboxylic acids is 6. The number of nitrogens with zero attached hydrogens (tertiary/aromatic N) is 17. The van der Waals surface area contributed by atoms with E-state index in [1.54, 1.807) is 62.9 Å². The second-order valence-electron chi connectivity index (χ2n) is 28.9. The van der Waals surface area contributed by atoms with E-state index in [0.29, 0.717) is 157 Å². The average molecular weight is 1800 g/mol. The van der Waals surface area contributed by atoms with Gasteiger partial charge in [-0.05, 0) is 60.7 Å². The molecule has 33 nitrogen and oxygen atoms in total. The van der Waals surface area contributed by atoms with Crippen LogP contribution >= 0.6 is 68.8 Å². The van der Waals surface area contributed by atoms with Crippen molar-refractivity contribution >= 4 is 140 Å². The third-order valence-corrected chi connectivity index (χ3v) is 24.8. The fourth-order valence-corrected chi connectivity index (χ4v) is 18.4. The smallest absolute Gasteiger partial charge is 0.373 e. The van der Waals surface area contributed by atoms with Crippen LogP contribution in [0.1, 0.15) is 66.0 Å². The van der Waals surface area contributed by atoms with Gasteiger partial charge in [-0.25, -0.2) is 71.6 Å². The number of nitrogens with one attached hydrogen (secondary N) is 3. The van der Waals surface area contributed by atoms with Crippen LogP contribution in [0.2, 0.25) is 15.1 Å². The van der Waals surface area contributed by atoms with Gasteiger partial charge in [0.25, 0.3) is 0 Å². The molecule has 6 saturated heterocycles. The fraction of sp³-hybridized carbons (Fsp3) is 0.321. The Bertz CT molecular complexity index is 5750. The highest BCUT2D eigenvalue weighted by molar-refractivity contribution is 7.12. The van der Waals surface area contributed by atoms with Crippen LogP contribution in [0, 0.1) is 40.6 Å². The van der Waals surface area contributed by atoms with E-state index in [-0.39, 0.29) is 106 Å². The van der Waals surface area contributed by atoms with Crippen LogP contribution in [0.4, 0.5) is 39.3 Å². The number of methoxy groups -OCH3 is 3. The quantitative estimate of drug-likeness (QED) is 0.0287. The van der Waals surface area contributed by atoms with Gasteiger partial charge in [0.2, 0.25) is 5.76 Å². The van der Waals surface area contributed by atoms with Crippen molar-refractivity contribution in [3.05, 3.63) is 229 Å². The molecule has 0 spiro atoms. The molecule has 6 atom stereocenters. The molecule has 636 valence electrons. The van der Waals surface area contributed by atoms with Gasteiger partial charge in [0.15, 0.2) is 32.5 Å². The number of esters is 3. The molecule has 9 aliphatic rings. The summed E-state index contributed by atoms with van der Waals surface area (Å²) in [6, 6.07) is 17.5. The lowest BCUT2D eigenvalue weighted by Crippen LogP contribution is -2.53. The van der Waals surface area contributed by atoms with Crippen LogP contribution in [-0.2, 0) is 28.6 Å². The molecule has 5 N–H and O–H groups in total. The summed E-state index contributed by atoms with van der Waals surface area (Å²) in [5, 5.41) is 44.7. The number of halogens is 6. The maximum Gasteiger partial charge on any atom is 0.373 e. The standard InChI is InChI=1S/C29H25ClFN7O3S.C26H23ClFN7O6S.C26H26ClFN6O4S/c1-41-28(39)24-23(34-26(27-33-8-11-42-27)35-25(24)21-7-4-18(31)12-22(21)30)16-36-9-10-37-20(14-36)15-38(29(37)40)19-5-2-17(13-32)3-6-19;1-40-24(38)19-17(31-21(22-29-4-7-42-22)32-20(19)15-3-2-13(28)8-16(15)27)12-33-5-6-34-14(10-33)11-35(26(34)39)25-30-9-18(41-25)23(36)37;1-38-25(36)21-20(15-32-8-9-34-17(13-32)14-33(26(34)37)7-2-3-10-35)30-23(24-29-6-11-39-24)31-22(21)18-5-4-16(28)12-19(18)27/h2-8,11-12,20,25H,9-10,14-16H2,1H3,(H,34,35);2-4,7-9,14,20H,5-6,10-12H2,1H3,(H,31,32)(H,36,37);4-6,11-12,17,22,35H,7-10,13-15H2,1H3,(H,30,31)/t20-,25-;14-,20-;17-,22-/m000/s1. The number of carboxylic acid groups (broad SMARTS) is 1. The van der Waals surface area contributed by atoms with Gasteiger partial charge in [-0.3, -0.25) is 34.6 Å². The van der Waals surface area contributed by atoms with E-state index < -0.39 is 59.5 Å². The fourth-order valence-electron chi connectivity index (χ4n) is 15.8. The van der Waals surface area contributed by atoms with Crippen LogP contribution in [0.5, 0.6) is 0 Å². The molecule has 0 bridgehead atoms. The van der Waals surface area contributed by atoms with E-state index in [0.717, 1.165) is 11.9 Å². The number of benzene rings is 4. The highest BCUT2D eigenvalue weighted by Gasteiger charge is 2.47. The van der Waals surface area contributed by atoms with Gasteiger partial charge in [-0.15, -0.1) is 34.0 Å². The number of carbonyl (C=O) groups is 7. The molecule has 0 radical (unpaired) electrons. The molecule has 17 rings (SSSR count). The van der Waals surface area contributed by atoms with Crippen molar-refractivity contribution in [3.8, 4) is 17.9 Å². The van der Waals surface area contributed by atoms with Gasteiger partial charge < -0.3 is 64.4 Å². The Morgan fingerprint density at radius 3 is 1.28 bits per heavy atom. The first-order chi connectivity index (χ1) is 59.5. The Hall–Kier alpha value is -12.2. The van der Waals surface area contributed by atoms with Crippen LogP contribution in [0.15, 0.2) is 173 Å². The third-order valence-electron chi connectivity index (χ3n) is 21.5. The first kappa shape index (κ1) is 85.8. The molecule has 4 aromatic heterocycles. The van der Waals surface area contributed by atoms with E-state index in [1.165, 1.54) is 115 Å². The highest BCUT2D eigenvalue weighted by Crippen LogP contribution is 2.42. The maximum atomic E-state index is 13.9. The molecule has 123 heavy (non-hydrogen) atoms. The molecule has 0 aliphatic carbocycles. The van der Waals surface area contributed by atoms with E-state index in [9.17, 15) is 46.7 Å². The number of aromatic nitrogens is 4. The van der Waals surface area contributed by atoms with E-state index in [1.807, 2.05) is 20.6 Å². The lowest BCUT2D eigenvalue weighted by atomic mass is 9.95. The summed E-state index contributed by atoms with van der Waals surface area (Å²) < 4.78 is 62.4. The number of rotatable bonds is 19. The monoisotopic (exact) mass is 1790 g/mol. The molecule has 0 unspecified atom stereocenters. The van der Waals surface area contributed by atoms with Crippen molar-refractivity contribution in [2.75, 3.05) is 142 Å². The van der Waals surface area contributed by atoms with Crippen LogP contribution < -0.4 is 25.8 Å². The number of amides is 6. The van der Waals surface area contributed by atoms with Gasteiger partial charge in [0, 0.05) is 181 Å². The largest absolute Gasteiger partial charge is 0.475 e. The first-order valence-electron chi connectivity index (χ1n) is 38.2. The molecule has 6 amide bonds. The number of aliphatic hydroxyl groups excluding tert-OH is 1. The van der Waals surface area contributed by atoms with Gasteiger partial charge in [-0.1, -0.05) is 64.8 Å². The maximum absolute atomic E-state index is 13.9. The third kappa shape index (κ3) is 18.5. The molecule has 4 aromatic carbocycles. The van der Waals surface area contributed by atoms with Gasteiger partial charge >= 0.3 is 48.0 Å². The number of amidine groups is 3. The molecule has 42 heteroatoms. The Labute approximate surface area is 727 Å². The lowest BCUT2D eigenvalue weighted by molar-refractivity contribution is -0.137. The van der Waals surface area contributed by atoms with Crippen molar-refractivity contribution in [1.29, 1.82) is 5.26 Å². The Morgan fingerprint density at radius 1 is 0.528 bits per heavy atom. The minimum Gasteiger partial charge on any atom is -0.475 e. The second-order valence-corrected chi connectivity index (χ2v) is 32.8. The van der Waals surface area contributed by atoms with Crippen molar-refractivity contribution in [3.63, 3.8) is 0 Å². The summed E-state index contributed by atoms with van der Waals surface area (Å²) >= 11 is 23.5. The normalized spacial score (nSPS) is 20.9. The van der Waals surface area contributed by atoms with Crippen molar-refractivity contribution < 1.29 is 75.6 Å². The molecule has 0 saturated carbocycles. The predicted octanol–water partition coefficient (Wildman–Crippen LogP) is 8.59. The second kappa shape index (κ2) is 37.7. The number of piperazine rings is 3. The number of aliphatic imine (C=N–C) groups is 3. The van der Waals surface area contributed by atoms with Crippen molar-refractivity contribution in [2.24, 2.45) is 15.0 Å². The van der Waals surface area contributed by atoms with E-state index in [4.69, 9.17) is 83.9 Å². The molecule has 8 aromatic rings. The Morgan fingerprint density at radius 2 is 0.919 bits per heavy atom. The molecular formula is C81H74Cl3F3N20O13S3. The minimum atomic E-state index is -1.28. The van der Waals surface area contributed by atoms with Crippen LogP contribution in [0.25, 0.3) is 0 Å². The summed E-state index contributed by atoms with van der Waals surface area (Å²) in [5.41, 5.74) is 5.09. The number of nitriles is 1. The Kier molecular flexibility index (Phi) is 26.3. The highest BCUT2D eigenvalue weighted by atomic mass is 35.5. The molecule has 13 heterocycles. The zero-order chi connectivity index (χ0) is 86.4. The van der Waals surface area contributed by atoms with Gasteiger partial charge in [0.05, 0.1) is 87.1 Å². The van der Waals surface area contributed by atoms with E-state index in [2.05, 4.69) is 68.5 Å². The number of anilines is 2. The number of hydrogen-bond donors (Lipinski definition) is 5. The zero-order valence-electron chi connectivity index (χ0n) is 65.5. The summed E-state index contributed by atoms with van der Waals surface area (Å²) in [5.74, 6) is 1.84. The first-order valence-corrected chi connectivity index (χ1v) is 41.9. The summed E-state index contributed by atoms with van der Waals surface area (Å²) in [6.45, 7) is 6.91. The molecule has 9 aliphatic heterocycles. The average Bonchev–Trinajstić information content (AvgIpc) is 1.67. The lowest BCUT2D eigenvalue weighted by Gasteiger charge is -2.38. The number of fused-ring (bicyclic) bond motifs is 3. The number of thiazole rings is 3. The number of hydrogen-bond acceptors (Lipinski definition) is 29. The zero-order valence-corrected chi connectivity index (χ0v) is 70.2. The number of ether oxygens (including phenoxy) is 3. The Balaban J connectivity index is 0.000000143. The molecular weight excluding hydrogens is 1720 g/mol. The number of aromatic carboxylic acids is 1. The predicted molar refractivity (Wildman–Crippen MR) is 448 cm³/mol. The van der Waals surface area contributed by atoms with Crippen LogP contribution in [0.3, 0.4) is 0 Å². The van der Waals surface area contributed by atoms with Crippen molar-refractivity contribution in [1.82, 2.24) is 70.2 Å². The van der Waals surface area contributed by atoms with Crippen molar-refractivity contribution in [2.45, 2.75) is 36.3 Å². The topological polar surface area (TPSA) is 378 Å². The number of urea groups is 3. The minimum absolute atomic E-state index is 0.0395. The van der Waals surface area contributed by atoms with Gasteiger partial charge in [0.1, 0.15) is 42.2 Å². The van der Waals surface area contributed by atoms with Gasteiger partial charge in [-0.2, -0.15) is 5.26 Å². The summed E-state index contributed by atoms with van der Waals surface area (Å²) in [4.78, 5) is 138. The SMILES string of the molecule is COC(=O)C1=C(CN2CCN3C(=O)N(CC#CCO)C[C@@H]3C2)NC(c2nccs2)=N[C@H]1c1ccc(F)cc1Cl.COC(=O)C1=C(CN2CCN3C(=O)N(c4ccc(C#N)cc4)C[C@@H]3C2)NC(c2nccs2)=N[C@H]1c1ccc(F)cc1Cl.COC(=O)C1=C(CN2CCN3C(=O)N(c4ncc(C(=O)O)o4)C[C@@H]3C2)NC(c2nccs2)=N[C@H]1c1ccc(F)cc1Cl. The van der Waals surface area contributed by atoms with E-state index >= 15 is 0 Å². The van der Waals surface area contributed by atoms with Crippen LogP contribution in [-0.4, -0.2) is 275 Å².